The number of alkyl halides is 3. The summed E-state index contributed by atoms with van der Waals surface area (Å²) in [6.07, 6.45) is -3.46. The number of nitrogens with zero attached hydrogens (tertiary/aromatic N) is 1. The van der Waals surface area contributed by atoms with Crippen LogP contribution in [0.4, 0.5) is 28.9 Å². The van der Waals surface area contributed by atoms with E-state index in [0.29, 0.717) is 34.8 Å². The van der Waals surface area contributed by atoms with Crippen LogP contribution in [0.15, 0.2) is 71.8 Å². The fraction of sp³-hybridized carbons (Fsp3) is 0.130. The minimum absolute atomic E-state index is 0.0115. The fourth-order valence-electron chi connectivity index (χ4n) is 3.56. The van der Waals surface area contributed by atoms with Crippen LogP contribution < -0.4 is 15.4 Å². The van der Waals surface area contributed by atoms with Crippen LogP contribution in [0.3, 0.4) is 0 Å². The Labute approximate surface area is 203 Å². The molecule has 3 aromatic carbocycles. The van der Waals surface area contributed by atoms with Crippen LogP contribution >= 0.6 is 11.6 Å². The Kier molecular flexibility index (Phi) is 6.67. The monoisotopic (exact) mass is 527 g/mol. The van der Waals surface area contributed by atoms with Gasteiger partial charge in [-0.1, -0.05) is 23.7 Å². The van der Waals surface area contributed by atoms with Gasteiger partial charge in [-0.15, -0.1) is 13.2 Å². The number of aromatic nitrogens is 1. The summed E-state index contributed by atoms with van der Waals surface area (Å²) < 4.78 is 83.2. The summed E-state index contributed by atoms with van der Waals surface area (Å²) in [6.45, 7) is 0.386. The van der Waals surface area contributed by atoms with Crippen LogP contribution in [0.25, 0.3) is 10.9 Å². The maximum atomic E-state index is 14.4. The molecule has 0 saturated carbocycles. The van der Waals surface area contributed by atoms with Crippen molar-refractivity contribution in [3.05, 3.63) is 83.3 Å². The number of ether oxygens (including phenoxy) is 1. The topological polar surface area (TPSA) is 72.4 Å². The van der Waals surface area contributed by atoms with Gasteiger partial charge in [-0.05, 0) is 55.1 Å². The van der Waals surface area contributed by atoms with E-state index >= 15 is 0 Å². The number of fused-ring (bicyclic) bond motifs is 1. The Hall–Kier alpha value is -3.28. The molecule has 184 valence electrons. The van der Waals surface area contributed by atoms with E-state index in [1.807, 2.05) is 0 Å². The third-order valence-corrected chi connectivity index (χ3v) is 6.93. The van der Waals surface area contributed by atoms with Crippen LogP contribution in [0.2, 0.25) is 5.02 Å². The van der Waals surface area contributed by atoms with Gasteiger partial charge in [0.05, 0.1) is 16.1 Å². The first-order valence-electron chi connectivity index (χ1n) is 10.1. The Morgan fingerprint density at radius 2 is 1.83 bits per heavy atom. The number of benzene rings is 3. The summed E-state index contributed by atoms with van der Waals surface area (Å²) in [5.74, 6) is -1.68. The molecule has 0 amide bonds. The predicted molar refractivity (Wildman–Crippen MR) is 125 cm³/mol. The van der Waals surface area contributed by atoms with Crippen LogP contribution in [0.1, 0.15) is 5.56 Å². The average Bonchev–Trinajstić information content (AvgIpc) is 3.13. The van der Waals surface area contributed by atoms with E-state index in [0.717, 1.165) is 16.1 Å². The normalized spacial score (nSPS) is 12.2. The standard InChI is InChI=1S/C23H18ClF4N3O3S/c1-29-12-14-13-31(35(32,33)18-4-2-3-15(24)9-18)22-10-16(5-7-19(14)22)30-21-8-6-17(11-20(21)25)34-23(26,27)28/h2-11,13,29-30H,12H2,1H3. The fourth-order valence-corrected chi connectivity index (χ4v) is 5.25. The third kappa shape index (κ3) is 5.37. The van der Waals surface area contributed by atoms with Crippen molar-refractivity contribution in [1.29, 1.82) is 0 Å². The molecule has 0 unspecified atom stereocenters. The summed E-state index contributed by atoms with van der Waals surface area (Å²) in [5.41, 5.74) is 1.22. The van der Waals surface area contributed by atoms with E-state index in [4.69, 9.17) is 11.6 Å². The molecule has 0 fully saturated rings. The first kappa shape index (κ1) is 24.8. The van der Waals surface area contributed by atoms with Crippen LogP contribution in [-0.2, 0) is 16.6 Å². The Bertz CT molecular complexity index is 1500. The highest BCUT2D eigenvalue weighted by atomic mass is 35.5. The maximum absolute atomic E-state index is 14.4. The molecular weight excluding hydrogens is 510 g/mol. The van der Waals surface area contributed by atoms with Gasteiger partial charge >= 0.3 is 6.36 Å². The first-order valence-corrected chi connectivity index (χ1v) is 11.9. The lowest BCUT2D eigenvalue weighted by Crippen LogP contribution is -2.17. The van der Waals surface area contributed by atoms with Gasteiger partial charge < -0.3 is 15.4 Å². The van der Waals surface area contributed by atoms with Crippen molar-refractivity contribution in [3.63, 3.8) is 0 Å². The lowest BCUT2D eigenvalue weighted by atomic mass is 10.1. The zero-order chi connectivity index (χ0) is 25.4. The maximum Gasteiger partial charge on any atom is 0.573 e. The molecule has 12 heteroatoms. The lowest BCUT2D eigenvalue weighted by molar-refractivity contribution is -0.274. The zero-order valence-corrected chi connectivity index (χ0v) is 19.6. The molecule has 0 aliphatic rings. The van der Waals surface area contributed by atoms with E-state index < -0.39 is 28.0 Å². The van der Waals surface area contributed by atoms with Crippen molar-refractivity contribution in [2.24, 2.45) is 0 Å². The second kappa shape index (κ2) is 9.40. The molecule has 0 bridgehead atoms. The van der Waals surface area contributed by atoms with Gasteiger partial charge in [-0.2, -0.15) is 0 Å². The molecule has 0 spiro atoms. The third-order valence-electron chi connectivity index (χ3n) is 5.03. The molecule has 2 N–H and O–H groups in total. The molecule has 1 aromatic heterocycles. The Morgan fingerprint density at radius 3 is 2.49 bits per heavy atom. The van der Waals surface area contributed by atoms with Crippen molar-refractivity contribution in [2.45, 2.75) is 17.8 Å². The van der Waals surface area contributed by atoms with Crippen molar-refractivity contribution in [1.82, 2.24) is 9.29 Å². The summed E-state index contributed by atoms with van der Waals surface area (Å²) in [7, 11) is -2.31. The van der Waals surface area contributed by atoms with Crippen molar-refractivity contribution >= 4 is 43.9 Å². The molecule has 4 rings (SSSR count). The lowest BCUT2D eigenvalue weighted by Gasteiger charge is -2.12. The SMILES string of the molecule is CNCc1cn(S(=O)(=O)c2cccc(Cl)c2)c2cc(Nc3ccc(OC(F)(F)F)cc3F)ccc12. The molecule has 6 nitrogen and oxygen atoms in total. The Morgan fingerprint density at radius 1 is 1.06 bits per heavy atom. The van der Waals surface area contributed by atoms with E-state index in [1.165, 1.54) is 30.5 Å². The highest BCUT2D eigenvalue weighted by molar-refractivity contribution is 7.90. The van der Waals surface area contributed by atoms with Gasteiger partial charge in [0.15, 0.2) is 0 Å². The second-order valence-corrected chi connectivity index (χ2v) is 9.74. The van der Waals surface area contributed by atoms with E-state index in [-0.39, 0.29) is 15.6 Å². The summed E-state index contributed by atoms with van der Waals surface area (Å²) >= 11 is 5.99. The number of rotatable bonds is 7. The minimum atomic E-state index is -4.95. The number of hydrogen-bond donors (Lipinski definition) is 2. The number of anilines is 2. The summed E-state index contributed by atoms with van der Waals surface area (Å²) in [4.78, 5) is -0.0115. The van der Waals surface area contributed by atoms with Crippen molar-refractivity contribution < 1.29 is 30.7 Å². The van der Waals surface area contributed by atoms with Crippen LogP contribution in [0.5, 0.6) is 5.75 Å². The summed E-state index contributed by atoms with van der Waals surface area (Å²) in [5, 5.41) is 6.65. The second-order valence-electron chi connectivity index (χ2n) is 7.49. The van der Waals surface area contributed by atoms with Gasteiger partial charge in [0.1, 0.15) is 11.6 Å². The van der Waals surface area contributed by atoms with E-state index in [2.05, 4.69) is 15.4 Å². The van der Waals surface area contributed by atoms with E-state index in [1.54, 1.807) is 25.2 Å². The molecular formula is C23H18ClF4N3O3S. The van der Waals surface area contributed by atoms with Crippen molar-refractivity contribution in [3.8, 4) is 5.75 Å². The number of hydrogen-bond acceptors (Lipinski definition) is 5. The molecule has 0 aliphatic carbocycles. The van der Waals surface area contributed by atoms with Gasteiger partial charge in [0.2, 0.25) is 0 Å². The Balaban J connectivity index is 1.76. The molecule has 0 atom stereocenters. The number of halogens is 5. The van der Waals surface area contributed by atoms with Crippen molar-refractivity contribution in [2.75, 3.05) is 12.4 Å². The van der Waals surface area contributed by atoms with Gasteiger partial charge in [-0.25, -0.2) is 16.8 Å². The molecule has 0 aliphatic heterocycles. The van der Waals surface area contributed by atoms with E-state index in [9.17, 15) is 26.0 Å². The highest BCUT2D eigenvalue weighted by Crippen LogP contribution is 2.32. The number of nitrogens with one attached hydrogen (secondary N) is 2. The minimum Gasteiger partial charge on any atom is -0.406 e. The largest absolute Gasteiger partial charge is 0.573 e. The first-order chi connectivity index (χ1) is 16.5. The smallest absolute Gasteiger partial charge is 0.406 e. The average molecular weight is 528 g/mol. The molecule has 1 heterocycles. The van der Waals surface area contributed by atoms with Gasteiger partial charge in [0, 0.05) is 34.9 Å². The summed E-state index contributed by atoms with van der Waals surface area (Å²) in [6, 6.07) is 13.3. The predicted octanol–water partition coefficient (Wildman–Crippen LogP) is 6.03. The zero-order valence-electron chi connectivity index (χ0n) is 18.0. The highest BCUT2D eigenvalue weighted by Gasteiger charge is 2.31. The molecule has 0 saturated heterocycles. The molecule has 4 aromatic rings. The van der Waals surface area contributed by atoms with Crippen LogP contribution in [0, 0.1) is 5.82 Å². The van der Waals surface area contributed by atoms with Gasteiger partial charge in [0.25, 0.3) is 10.0 Å². The molecule has 0 radical (unpaired) electrons. The van der Waals surface area contributed by atoms with Gasteiger partial charge in [-0.3, -0.25) is 0 Å². The molecule has 35 heavy (non-hydrogen) atoms. The van der Waals surface area contributed by atoms with Crippen LogP contribution in [-0.4, -0.2) is 25.8 Å². The quantitative estimate of drug-likeness (QED) is 0.287.